The lowest BCUT2D eigenvalue weighted by Crippen LogP contribution is -2.16. The number of hydrogen-bond acceptors (Lipinski definition) is 24. The van der Waals surface area contributed by atoms with Gasteiger partial charge < -0.3 is 56.8 Å². The quantitative estimate of drug-likeness (QED) is 0.0308. The summed E-state index contributed by atoms with van der Waals surface area (Å²) in [4.78, 5) is 156. The Kier molecular flexibility index (Phi) is 22.6. The van der Waals surface area contributed by atoms with E-state index in [4.69, 9.17) is 56.8 Å². The van der Waals surface area contributed by atoms with Gasteiger partial charge in [0.2, 0.25) is 0 Å². The molecule has 10 aromatic carbocycles. The van der Waals surface area contributed by atoms with Crippen molar-refractivity contribution in [3.05, 3.63) is 215 Å². The zero-order valence-electron chi connectivity index (χ0n) is 55.4. The van der Waals surface area contributed by atoms with Crippen molar-refractivity contribution in [2.24, 2.45) is 0 Å². The smallest absolute Gasteiger partial charge is 0.315 e. The summed E-state index contributed by atoms with van der Waals surface area (Å²) in [7, 11) is 0. The second-order valence-corrected chi connectivity index (χ2v) is 22.9. The lowest BCUT2D eigenvalue weighted by molar-refractivity contribution is -0.136. The molecule has 0 radical (unpaired) electrons. The van der Waals surface area contributed by atoms with Crippen LogP contribution in [0.3, 0.4) is 0 Å². The molecule has 0 aliphatic heterocycles. The Bertz CT molecular complexity index is 4120. The Balaban J connectivity index is 1.18. The van der Waals surface area contributed by atoms with E-state index < -0.39 is 71.6 Å². The zero-order valence-corrected chi connectivity index (χ0v) is 55.4. The Labute approximate surface area is 580 Å². The van der Waals surface area contributed by atoms with Gasteiger partial charge in [0.05, 0.1) is 38.5 Å². The normalized spacial score (nSPS) is 10.8. The number of carbonyl (C=O) groups excluding carboxylic acids is 12. The fourth-order valence-electron chi connectivity index (χ4n) is 10.5. The summed E-state index contributed by atoms with van der Waals surface area (Å²) in [6.07, 6.45) is -2.32. The highest BCUT2D eigenvalue weighted by Gasteiger charge is 2.27. The lowest BCUT2D eigenvalue weighted by Gasteiger charge is -2.19. The first-order valence-corrected chi connectivity index (χ1v) is 31.2. The second kappa shape index (κ2) is 32.3. The molecule has 0 saturated heterocycles. The maximum Gasteiger partial charge on any atom is 0.315 e. The molecule has 516 valence electrons. The topological polar surface area (TPSA) is 316 Å². The van der Waals surface area contributed by atoms with E-state index in [1.54, 1.807) is 0 Å². The van der Waals surface area contributed by atoms with Crippen molar-refractivity contribution in [3.8, 4) is 69.0 Å². The molecule has 0 atom stereocenters. The summed E-state index contributed by atoms with van der Waals surface area (Å²) in [5, 5.41) is 0.934. The molecule has 0 spiro atoms. The van der Waals surface area contributed by atoms with E-state index in [0.717, 1.165) is 0 Å². The van der Waals surface area contributed by atoms with Gasteiger partial charge in [-0.1, -0.05) is 72.8 Å². The molecule has 0 aromatic heterocycles. The highest BCUT2D eigenvalue weighted by molar-refractivity contribution is 6.27. The predicted octanol–water partition coefficient (Wildman–Crippen LogP) is 11.6. The molecule has 0 unspecified atom stereocenters. The number of fused-ring (bicyclic) bond motifs is 6. The maximum absolute atomic E-state index is 14.3. The van der Waals surface area contributed by atoms with Gasteiger partial charge in [-0.25, -0.2) is 0 Å². The van der Waals surface area contributed by atoms with Crippen molar-refractivity contribution in [3.63, 3.8) is 0 Å². The first-order chi connectivity index (χ1) is 48.8. The van der Waals surface area contributed by atoms with Crippen LogP contribution in [0.2, 0.25) is 0 Å². The predicted molar refractivity (Wildman–Crippen MR) is 362 cm³/mol. The Morgan fingerprint density at radius 3 is 0.412 bits per heavy atom. The highest BCUT2D eigenvalue weighted by Crippen LogP contribution is 2.48. The van der Waals surface area contributed by atoms with E-state index in [1.807, 2.05) is 0 Å². The molecule has 24 nitrogen and oxygen atoms in total. The molecule has 102 heavy (non-hydrogen) atoms. The van der Waals surface area contributed by atoms with Gasteiger partial charge in [0.25, 0.3) is 0 Å². The lowest BCUT2D eigenvalue weighted by atomic mass is 9.93. The van der Waals surface area contributed by atoms with Crippen LogP contribution in [-0.4, -0.2) is 71.6 Å². The molecule has 10 aromatic rings. The summed E-state index contributed by atoms with van der Waals surface area (Å²) >= 11 is 0. The van der Waals surface area contributed by atoms with Crippen LogP contribution < -0.4 is 56.8 Å². The van der Waals surface area contributed by atoms with Crippen molar-refractivity contribution in [1.82, 2.24) is 0 Å². The molecular formula is C78H60O24. The maximum atomic E-state index is 14.3. The zero-order chi connectivity index (χ0) is 72.7. The van der Waals surface area contributed by atoms with Gasteiger partial charge in [-0.3, -0.25) is 57.5 Å². The van der Waals surface area contributed by atoms with Crippen molar-refractivity contribution in [1.29, 1.82) is 0 Å². The molecule has 0 fully saturated rings. The molecule has 0 amide bonds. The third-order valence-electron chi connectivity index (χ3n) is 14.7. The third-order valence-corrected chi connectivity index (χ3v) is 14.7. The summed E-state index contributed by atoms with van der Waals surface area (Å²) in [5.74, 6) is -9.59. The number of esters is 12. The first-order valence-electron chi connectivity index (χ1n) is 31.2. The minimum absolute atomic E-state index is 0.156. The number of carbonyl (C=O) groups is 12. The summed E-state index contributed by atoms with van der Waals surface area (Å²) in [5.41, 5.74) is 2.45. The van der Waals surface area contributed by atoms with E-state index in [-0.39, 0.29) is 140 Å². The average Bonchev–Trinajstić information content (AvgIpc) is 0.724. The van der Waals surface area contributed by atoms with Crippen LogP contribution in [0, 0.1) is 0 Å². The largest absolute Gasteiger partial charge is 0.427 e. The summed E-state index contributed by atoms with van der Waals surface area (Å²) in [6.45, 7) is 7.36. The molecular weight excluding hydrogens is 1320 g/mol. The van der Waals surface area contributed by atoms with Gasteiger partial charge in [-0.15, -0.1) is 0 Å². The number of hydrogen-bond donors (Lipinski definition) is 0. The third kappa shape index (κ3) is 19.9. The van der Waals surface area contributed by atoms with Gasteiger partial charge in [-0.05, 0) is 175 Å². The van der Waals surface area contributed by atoms with E-state index >= 15 is 0 Å². The highest BCUT2D eigenvalue weighted by atomic mass is 16.6. The van der Waals surface area contributed by atoms with Crippen molar-refractivity contribution in [2.45, 2.75) is 80.1 Å². The minimum atomic E-state index is -0.884. The van der Waals surface area contributed by atoms with Gasteiger partial charge in [0.15, 0.2) is 34.5 Å². The van der Waals surface area contributed by atoms with E-state index in [0.29, 0.717) is 33.4 Å². The van der Waals surface area contributed by atoms with Crippen LogP contribution >= 0.6 is 0 Å². The molecule has 0 heterocycles. The van der Waals surface area contributed by atoms with Crippen LogP contribution in [0.25, 0.3) is 32.3 Å². The van der Waals surface area contributed by atoms with E-state index in [2.05, 4.69) is 0 Å². The Morgan fingerprint density at radius 1 is 0.186 bits per heavy atom. The van der Waals surface area contributed by atoms with Crippen LogP contribution in [0.4, 0.5) is 0 Å². The average molecular weight is 1380 g/mol. The van der Waals surface area contributed by atoms with E-state index in [1.165, 1.54) is 224 Å². The van der Waals surface area contributed by atoms with Gasteiger partial charge in [0, 0.05) is 41.5 Å². The Hall–Kier alpha value is -13.4. The van der Waals surface area contributed by atoms with Gasteiger partial charge in [-0.2, -0.15) is 0 Å². The van der Waals surface area contributed by atoms with Crippen LogP contribution in [0.5, 0.6) is 69.0 Å². The number of benzene rings is 10. The van der Waals surface area contributed by atoms with Crippen molar-refractivity contribution >= 4 is 104 Å². The van der Waals surface area contributed by atoms with Crippen LogP contribution in [0.1, 0.15) is 74.9 Å². The van der Waals surface area contributed by atoms with E-state index in [9.17, 15) is 57.5 Å². The summed E-state index contributed by atoms with van der Waals surface area (Å²) < 4.78 is 67.8. The molecule has 0 N–H and O–H groups in total. The van der Waals surface area contributed by atoms with Crippen molar-refractivity contribution in [2.75, 3.05) is 0 Å². The number of ether oxygens (including phenoxy) is 12. The van der Waals surface area contributed by atoms with Crippen LogP contribution in [-0.2, 0) is 96.1 Å². The monoisotopic (exact) mass is 1380 g/mol. The molecule has 0 bridgehead atoms. The van der Waals surface area contributed by atoms with Crippen LogP contribution in [0.15, 0.2) is 182 Å². The molecule has 0 saturated carbocycles. The minimum Gasteiger partial charge on any atom is -0.427 e. The van der Waals surface area contributed by atoms with Crippen molar-refractivity contribution < 1.29 is 114 Å². The standard InChI is InChI=1S/C78H60O24/c1-43(79)91-55-19-7-49(8-20-55)31-73(85)97-67-37-61-62(38-68(67)98-74(86)32-50-9-21-56(22-10-50)92-44(2)80)64-40-70(100-76(88)34-52-13-25-58(26-14-52)94-46(4)82)72(102-78(90)36-54-17-29-60(30-18-54)96-48(6)84)42-66(64)65-41-71(101-77(89)35-53-15-27-59(28-16-53)95-47(5)83)69(39-63(61)65)99-75(87)33-51-11-23-57(24-12-51)93-45(3)81/h7-30,37-42H,31-36H2,1-6H3. The SMILES string of the molecule is CC(=O)Oc1ccc(CC(=O)Oc2cc3c4cc(OC(=O)Cc5ccc(OC(C)=O)cc5)c(OC(=O)Cc5ccc(OC(C)=O)cc5)cc4c4cc(OC(=O)Cc5ccc(OC(C)=O)cc5)c(OC(=O)Cc5ccc(OC(C)=O)cc5)cc4c3cc2OC(=O)Cc2ccc(OC(C)=O)cc2)cc1. The fourth-order valence-corrected chi connectivity index (χ4v) is 10.5. The molecule has 24 heteroatoms. The number of rotatable bonds is 24. The Morgan fingerprint density at radius 2 is 0.304 bits per heavy atom. The second-order valence-electron chi connectivity index (χ2n) is 22.9. The molecule has 0 aliphatic rings. The first kappa shape index (κ1) is 71.4. The fraction of sp³-hybridized carbons (Fsp3) is 0.154. The molecule has 10 rings (SSSR count). The summed E-state index contributed by atoms with van der Waals surface area (Å²) in [6, 6.07) is 44.2. The van der Waals surface area contributed by atoms with Gasteiger partial charge in [0.1, 0.15) is 34.5 Å². The van der Waals surface area contributed by atoms with Gasteiger partial charge >= 0.3 is 71.6 Å². The molecule has 0 aliphatic carbocycles.